The van der Waals surface area contributed by atoms with E-state index in [2.05, 4.69) is 21.9 Å². The molecule has 0 aliphatic carbocycles. The number of benzene rings is 1. The molecule has 8 nitrogen and oxygen atoms in total. The monoisotopic (exact) mass is 381 g/mol. The molecule has 0 radical (unpaired) electrons. The van der Waals surface area contributed by atoms with Gasteiger partial charge in [-0.1, -0.05) is 19.4 Å². The Balaban J connectivity index is 2.15. The largest absolute Gasteiger partial charge is 0.333 e. The molecule has 0 bridgehead atoms. The molecule has 1 amide bonds. The predicted molar refractivity (Wildman–Crippen MR) is 109 cm³/mol. The first kappa shape index (κ1) is 19.3. The van der Waals surface area contributed by atoms with Crippen LogP contribution in [0.2, 0.25) is 0 Å². The van der Waals surface area contributed by atoms with Crippen molar-refractivity contribution in [2.45, 2.75) is 39.8 Å². The lowest BCUT2D eigenvalue weighted by Crippen LogP contribution is -2.39. The molecule has 0 fully saturated rings. The van der Waals surface area contributed by atoms with Crippen molar-refractivity contribution in [3.63, 3.8) is 0 Å². The Morgan fingerprint density at radius 1 is 1.25 bits per heavy atom. The molecule has 146 valence electrons. The summed E-state index contributed by atoms with van der Waals surface area (Å²) in [4.78, 5) is 44.3. The SMILES string of the molecule is C=CCn1c(=O)c2[nH]c(-c3ccc(NC(C)=O)cc3)nc2n(CCCC)c1=O. The number of rotatable bonds is 7. The average molecular weight is 381 g/mol. The summed E-state index contributed by atoms with van der Waals surface area (Å²) in [7, 11) is 0. The van der Waals surface area contributed by atoms with Crippen molar-refractivity contribution >= 4 is 22.8 Å². The highest BCUT2D eigenvalue weighted by Gasteiger charge is 2.17. The van der Waals surface area contributed by atoms with Gasteiger partial charge in [0.15, 0.2) is 5.65 Å². The van der Waals surface area contributed by atoms with E-state index in [1.807, 2.05) is 6.92 Å². The Kier molecular flexibility index (Phi) is 5.58. The van der Waals surface area contributed by atoms with Crippen molar-refractivity contribution in [2.75, 3.05) is 5.32 Å². The third kappa shape index (κ3) is 3.66. The normalized spacial score (nSPS) is 10.9. The second-order valence-electron chi connectivity index (χ2n) is 6.53. The van der Waals surface area contributed by atoms with Gasteiger partial charge in [-0.15, -0.1) is 6.58 Å². The number of nitrogens with one attached hydrogen (secondary N) is 2. The number of nitrogens with zero attached hydrogens (tertiary/aromatic N) is 3. The number of anilines is 1. The van der Waals surface area contributed by atoms with Gasteiger partial charge in [0.1, 0.15) is 11.3 Å². The zero-order chi connectivity index (χ0) is 20.3. The maximum Gasteiger partial charge on any atom is 0.333 e. The van der Waals surface area contributed by atoms with Gasteiger partial charge in [0, 0.05) is 31.3 Å². The molecule has 2 aromatic heterocycles. The fraction of sp³-hybridized carbons (Fsp3) is 0.300. The highest BCUT2D eigenvalue weighted by Crippen LogP contribution is 2.20. The fourth-order valence-corrected chi connectivity index (χ4v) is 3.03. The van der Waals surface area contributed by atoms with E-state index in [-0.39, 0.29) is 18.1 Å². The fourth-order valence-electron chi connectivity index (χ4n) is 3.03. The van der Waals surface area contributed by atoms with Crippen LogP contribution in [0.3, 0.4) is 0 Å². The van der Waals surface area contributed by atoms with Crippen LogP contribution in [0.1, 0.15) is 26.7 Å². The number of aromatic amines is 1. The van der Waals surface area contributed by atoms with E-state index >= 15 is 0 Å². The van der Waals surface area contributed by atoms with Crippen LogP contribution in [0.5, 0.6) is 0 Å². The summed E-state index contributed by atoms with van der Waals surface area (Å²) in [5, 5.41) is 2.70. The molecule has 3 rings (SSSR count). The third-order valence-electron chi connectivity index (χ3n) is 4.39. The summed E-state index contributed by atoms with van der Waals surface area (Å²) in [6, 6.07) is 7.09. The lowest BCUT2D eigenvalue weighted by atomic mass is 10.2. The van der Waals surface area contributed by atoms with Gasteiger partial charge in [-0.05, 0) is 30.7 Å². The van der Waals surface area contributed by atoms with E-state index in [1.54, 1.807) is 24.3 Å². The lowest BCUT2D eigenvalue weighted by molar-refractivity contribution is -0.114. The Morgan fingerprint density at radius 3 is 2.57 bits per heavy atom. The number of fused-ring (bicyclic) bond motifs is 1. The quantitative estimate of drug-likeness (QED) is 0.614. The number of amides is 1. The molecule has 1 aromatic carbocycles. The summed E-state index contributed by atoms with van der Waals surface area (Å²) in [5.41, 5.74) is 1.25. The van der Waals surface area contributed by atoms with Crippen molar-refractivity contribution in [3.05, 3.63) is 57.8 Å². The number of imidazole rings is 1. The molecular weight excluding hydrogens is 358 g/mol. The Morgan fingerprint density at radius 2 is 1.96 bits per heavy atom. The molecule has 0 atom stereocenters. The summed E-state index contributed by atoms with van der Waals surface area (Å²) in [6.45, 7) is 7.73. The van der Waals surface area contributed by atoms with Crippen LogP contribution in [-0.4, -0.2) is 25.0 Å². The molecule has 3 aromatic rings. The summed E-state index contributed by atoms with van der Waals surface area (Å²) < 4.78 is 2.70. The van der Waals surface area contributed by atoms with Gasteiger partial charge in [0.05, 0.1) is 0 Å². The zero-order valence-corrected chi connectivity index (χ0v) is 16.0. The molecule has 0 saturated carbocycles. The maximum atomic E-state index is 12.8. The molecule has 28 heavy (non-hydrogen) atoms. The van der Waals surface area contributed by atoms with Crippen molar-refractivity contribution in [3.8, 4) is 11.4 Å². The molecule has 0 aliphatic rings. The summed E-state index contributed by atoms with van der Waals surface area (Å²) >= 11 is 0. The van der Waals surface area contributed by atoms with E-state index in [4.69, 9.17) is 0 Å². The minimum Gasteiger partial charge on any atom is -0.332 e. The zero-order valence-electron chi connectivity index (χ0n) is 16.0. The van der Waals surface area contributed by atoms with E-state index in [0.29, 0.717) is 29.2 Å². The Hall–Kier alpha value is -3.42. The number of H-pyrrole nitrogens is 1. The van der Waals surface area contributed by atoms with Crippen LogP contribution < -0.4 is 16.6 Å². The Bertz CT molecular complexity index is 1140. The first-order valence-electron chi connectivity index (χ1n) is 9.18. The lowest BCUT2D eigenvalue weighted by Gasteiger charge is -2.09. The highest BCUT2D eigenvalue weighted by atomic mass is 16.2. The van der Waals surface area contributed by atoms with Crippen molar-refractivity contribution in [1.29, 1.82) is 0 Å². The van der Waals surface area contributed by atoms with Gasteiger partial charge in [0.2, 0.25) is 5.91 Å². The topological polar surface area (TPSA) is 102 Å². The molecular formula is C20H23N5O3. The first-order chi connectivity index (χ1) is 13.5. The van der Waals surface area contributed by atoms with Crippen LogP contribution in [-0.2, 0) is 17.9 Å². The minimum atomic E-state index is -0.415. The summed E-state index contributed by atoms with van der Waals surface area (Å²) in [5.74, 6) is 0.335. The van der Waals surface area contributed by atoms with Crippen LogP contribution in [0, 0.1) is 0 Å². The van der Waals surface area contributed by atoms with E-state index in [0.717, 1.165) is 23.0 Å². The van der Waals surface area contributed by atoms with Crippen LogP contribution in [0.4, 0.5) is 5.69 Å². The predicted octanol–water partition coefficient (Wildman–Crippen LogP) is 2.50. The van der Waals surface area contributed by atoms with Gasteiger partial charge in [-0.3, -0.25) is 18.7 Å². The van der Waals surface area contributed by atoms with Gasteiger partial charge >= 0.3 is 5.69 Å². The van der Waals surface area contributed by atoms with Gasteiger partial charge in [-0.2, -0.15) is 0 Å². The molecule has 0 spiro atoms. The first-order valence-corrected chi connectivity index (χ1v) is 9.18. The van der Waals surface area contributed by atoms with E-state index in [9.17, 15) is 14.4 Å². The van der Waals surface area contributed by atoms with Crippen molar-refractivity contribution in [1.82, 2.24) is 19.1 Å². The third-order valence-corrected chi connectivity index (χ3v) is 4.39. The van der Waals surface area contributed by atoms with E-state index in [1.165, 1.54) is 17.6 Å². The number of allylic oxidation sites excluding steroid dienone is 1. The molecule has 0 saturated heterocycles. The highest BCUT2D eigenvalue weighted by molar-refractivity contribution is 5.89. The second kappa shape index (κ2) is 8.08. The molecule has 0 aliphatic heterocycles. The van der Waals surface area contributed by atoms with Crippen LogP contribution in [0.15, 0.2) is 46.5 Å². The Labute approximate surface area is 161 Å². The number of unbranched alkanes of at least 4 members (excludes halogenated alkanes) is 1. The number of carbonyl (C=O) groups excluding carboxylic acids is 1. The standard InChI is InChI=1S/C20H23N5O3/c1-4-6-12-24-18-16(19(27)25(11-5-2)20(24)28)22-17(23-18)14-7-9-15(10-8-14)21-13(3)26/h5,7-10H,2,4,6,11-12H2,1,3H3,(H,21,26)(H,22,23). The number of aromatic nitrogens is 4. The van der Waals surface area contributed by atoms with Crippen molar-refractivity contribution < 1.29 is 4.79 Å². The number of aryl methyl sites for hydroxylation is 1. The van der Waals surface area contributed by atoms with E-state index < -0.39 is 5.56 Å². The van der Waals surface area contributed by atoms with Gasteiger partial charge < -0.3 is 10.3 Å². The molecule has 8 heteroatoms. The number of hydrogen-bond acceptors (Lipinski definition) is 4. The van der Waals surface area contributed by atoms with Gasteiger partial charge in [0.25, 0.3) is 5.56 Å². The van der Waals surface area contributed by atoms with Crippen LogP contribution >= 0.6 is 0 Å². The number of carbonyl (C=O) groups is 1. The maximum absolute atomic E-state index is 12.8. The molecule has 0 unspecified atom stereocenters. The molecule has 2 heterocycles. The smallest absolute Gasteiger partial charge is 0.332 e. The second-order valence-corrected chi connectivity index (χ2v) is 6.53. The van der Waals surface area contributed by atoms with Crippen LogP contribution in [0.25, 0.3) is 22.6 Å². The summed E-state index contributed by atoms with van der Waals surface area (Å²) in [6.07, 6.45) is 3.24. The minimum absolute atomic E-state index is 0.138. The number of hydrogen-bond donors (Lipinski definition) is 2. The molecule has 2 N–H and O–H groups in total. The average Bonchev–Trinajstić information content (AvgIpc) is 3.11. The van der Waals surface area contributed by atoms with Crippen molar-refractivity contribution in [2.24, 2.45) is 0 Å². The van der Waals surface area contributed by atoms with Gasteiger partial charge in [-0.25, -0.2) is 9.78 Å².